The van der Waals surface area contributed by atoms with Crippen molar-refractivity contribution in [3.8, 4) is 0 Å². The van der Waals surface area contributed by atoms with Gasteiger partial charge in [0.25, 0.3) is 0 Å². The van der Waals surface area contributed by atoms with Crippen molar-refractivity contribution in [1.29, 1.82) is 0 Å². The van der Waals surface area contributed by atoms with Crippen LogP contribution in [0.4, 0.5) is 4.39 Å². The smallest absolute Gasteiger partial charge is 0.187 e. The number of hydrogen-bond donors (Lipinski definition) is 27. The van der Waals surface area contributed by atoms with Gasteiger partial charge in [-0.15, -0.1) is 0 Å². The molecule has 12 aliphatic rings. The van der Waals surface area contributed by atoms with E-state index in [2.05, 4.69) is 22.9 Å². The Hall–Kier alpha value is -1.75. The van der Waals surface area contributed by atoms with Crippen molar-refractivity contribution >= 4 is 0 Å². The zero-order chi connectivity index (χ0) is 78.1. The quantitative estimate of drug-likeness (QED) is 0.0606. The molecule has 0 spiro atoms. The summed E-state index contributed by atoms with van der Waals surface area (Å²) in [6, 6.07) is -9.04. The molecule has 110 heavy (non-hydrogen) atoms. The predicted molar refractivity (Wildman–Crippen MR) is 386 cm³/mol. The molecule has 43 heteroatoms. The minimum absolute atomic E-state index is 0. The second kappa shape index (κ2) is 41.8. The average Bonchev–Trinajstić information content (AvgIpc) is 0.774. The summed E-state index contributed by atoms with van der Waals surface area (Å²) in [5, 5.41) is 132. The topological polar surface area (TPSA) is 730 Å². The lowest BCUT2D eigenvalue weighted by molar-refractivity contribution is -0.367. The lowest BCUT2D eigenvalue weighted by Crippen LogP contribution is -2.69. The van der Waals surface area contributed by atoms with Gasteiger partial charge in [0.1, 0.15) is 79.4 Å². The van der Waals surface area contributed by atoms with Crippen LogP contribution < -0.4 is 84.8 Å². The van der Waals surface area contributed by atoms with Crippen molar-refractivity contribution in [2.75, 3.05) is 41.0 Å². The number of alkyl halides is 1. The van der Waals surface area contributed by atoms with Crippen LogP contribution in [-0.4, -0.2) is 384 Å². The van der Waals surface area contributed by atoms with Gasteiger partial charge in [-0.25, -0.2) is 4.39 Å². The highest BCUT2D eigenvalue weighted by Crippen LogP contribution is 2.41. The Bertz CT molecular complexity index is 2590. The standard InChI is InChI=1S/C22H43N5O8.C21H40FN5O9.C21H41N5O10.3CH4/c1-8-3-14(10(24)4-9(8)23)31-20-12(26)6-15-19(34-20)18(30)17(27-2)22(32-15)35-21-13(29)5-11(25)16(7-28)33-21;1-27-14-16(31)18-11(32-21(14)36-20-10(29)3-6(23)12(5-28)33-20)4-9(26)19(35-18)34-17-8(25)2-7(24)15(30)13(17)22;1-26-13-15(30)18-11(32-21(13)36-20-10(28)3-6(22)12(5-27)33-20)4-9(25)19(35-18)34-17-8(24)2-7(23)14(29)16(17)31;;;/h8-22,27-30H,3-7,23-26H2,1-2H3;6-21,27-31H,2-5,23-26H2,1H3;6-21,26-31H,2-5,22-25H2,1H3;3*1H4/t8?,9-,10?,11+,12?,13?,14+,15+,16?,17?,18?,19?,20+,21-,22?;6-,7+,8?,9?,10?,11-,12?,13+,14?,15?,16?,17+,18?,19-,20+,21?;6-,7+,8?,9?,10?,11-,12?,13?,14?,15?,16+,17+,18?,19-,20+,21?;;;/m100.../s1. The van der Waals surface area contributed by atoms with E-state index in [1.807, 2.05) is 0 Å². The Kier molecular flexibility index (Phi) is 36.2. The Morgan fingerprint density at radius 3 is 0.973 bits per heavy atom. The lowest BCUT2D eigenvalue weighted by Gasteiger charge is -2.51. The molecule has 9 saturated heterocycles. The molecular weight excluding hydrogens is 1470 g/mol. The van der Waals surface area contributed by atoms with Gasteiger partial charge in [0.15, 0.2) is 62.8 Å². The van der Waals surface area contributed by atoms with E-state index in [1.165, 1.54) is 0 Å². The van der Waals surface area contributed by atoms with Gasteiger partial charge in [-0.2, -0.15) is 0 Å². The molecule has 9 heterocycles. The summed E-state index contributed by atoms with van der Waals surface area (Å²) in [7, 11) is 4.84. The van der Waals surface area contributed by atoms with Gasteiger partial charge in [0.05, 0.1) is 105 Å². The summed E-state index contributed by atoms with van der Waals surface area (Å²) in [5.74, 6) is 0.264. The van der Waals surface area contributed by atoms with E-state index < -0.39 is 263 Å². The molecule has 0 bridgehead atoms. The highest BCUT2D eigenvalue weighted by molar-refractivity contribution is 5.06. The van der Waals surface area contributed by atoms with E-state index in [0.29, 0.717) is 19.3 Å². The van der Waals surface area contributed by atoms with Gasteiger partial charge in [0, 0.05) is 54.4 Å². The minimum atomic E-state index is -1.83. The van der Waals surface area contributed by atoms with Crippen molar-refractivity contribution in [1.82, 2.24) is 16.0 Å². The van der Waals surface area contributed by atoms with E-state index in [1.54, 1.807) is 21.1 Å². The van der Waals surface area contributed by atoms with E-state index in [0.717, 1.165) is 0 Å². The van der Waals surface area contributed by atoms with Crippen LogP contribution in [0.2, 0.25) is 0 Å². The van der Waals surface area contributed by atoms with Gasteiger partial charge in [-0.1, -0.05) is 29.2 Å². The highest BCUT2D eigenvalue weighted by Gasteiger charge is 2.58. The van der Waals surface area contributed by atoms with Crippen LogP contribution in [0.3, 0.4) is 0 Å². The van der Waals surface area contributed by atoms with Crippen LogP contribution in [0.25, 0.3) is 0 Å². The predicted octanol–water partition coefficient (Wildman–Crippen LogP) is -12.6. The van der Waals surface area contributed by atoms with Crippen LogP contribution in [0.5, 0.6) is 0 Å². The molecule has 39 N–H and O–H groups in total. The normalized spacial score (nSPS) is 52.4. The summed E-state index contributed by atoms with van der Waals surface area (Å²) in [4.78, 5) is 0. The maximum Gasteiger partial charge on any atom is 0.187 e. The first kappa shape index (κ1) is 95.4. The number of likely N-dealkylation sites (N-methyl/N-ethyl adjacent to an activating group) is 3. The molecule has 12 fully saturated rings. The van der Waals surface area contributed by atoms with Gasteiger partial charge < -0.3 is 217 Å². The zero-order valence-electron chi connectivity index (χ0n) is 60.6. The SMILES string of the molecule is C.C.C.CNC1C(O[C@H]2OC(CO)[C@@H](N)CC2O)O[C@H]2CC(N)[C@@H](O[C@@H]3C(N)C[C@@H](N)C(O)[C@H]3F)OC2C1O.CNC1C(O[C@H]2OC(CO)[C@@H](N)CC2O)O[C@H]2CC(N)[C@@H](O[C@@H]3C(N)C[C@@H](N)C(O)[C@H]3O)OC2C1O.CNC1C(O[C@H]2OC(CO)[C@@H](N)CC2O)O[C@H]2CC(N)[C@@H](O[C@H]3CC(C)[C@H](N)CC3N)OC2C1O. The number of hydrogen-bond acceptors (Lipinski definition) is 42. The second-order valence-electron chi connectivity index (χ2n) is 30.8. The number of aliphatic hydroxyl groups is 12. The number of nitrogens with one attached hydrogen (secondary N) is 3. The molecule has 648 valence electrons. The molecule has 27 unspecified atom stereocenters. The highest BCUT2D eigenvalue weighted by atomic mass is 19.1. The van der Waals surface area contributed by atoms with Crippen molar-refractivity contribution in [3.63, 3.8) is 0 Å². The number of aliphatic hydroxyl groups excluding tert-OH is 12. The summed E-state index contributed by atoms with van der Waals surface area (Å²) >= 11 is 0. The third-order valence-electron chi connectivity index (χ3n) is 23.0. The second-order valence-corrected chi connectivity index (χ2v) is 30.8. The number of fused-ring (bicyclic) bond motifs is 3. The molecule has 0 aromatic rings. The van der Waals surface area contributed by atoms with E-state index in [9.17, 15) is 65.7 Å². The fraction of sp³-hybridized carbons (Fsp3) is 1.00. The van der Waals surface area contributed by atoms with E-state index in [4.69, 9.17) is 140 Å². The Morgan fingerprint density at radius 1 is 0.309 bits per heavy atom. The summed E-state index contributed by atoms with van der Waals surface area (Å²) < 4.78 is 103. The maximum atomic E-state index is 14.7. The van der Waals surface area contributed by atoms with E-state index >= 15 is 0 Å². The molecular formula is C67H136FN15O27. The first-order chi connectivity index (χ1) is 50.7. The monoisotopic (exact) mass is 1600 g/mol. The zero-order valence-corrected chi connectivity index (χ0v) is 60.6. The first-order valence-corrected chi connectivity index (χ1v) is 37.2. The molecule has 0 aromatic heterocycles. The molecule has 0 amide bonds. The van der Waals surface area contributed by atoms with Gasteiger partial charge in [-0.05, 0) is 91.3 Å². The van der Waals surface area contributed by atoms with Gasteiger partial charge >= 0.3 is 0 Å². The molecule has 0 radical (unpaired) electrons. The van der Waals surface area contributed by atoms with Crippen molar-refractivity contribution < 1.29 is 137 Å². The minimum Gasteiger partial charge on any atom is -0.394 e. The number of ether oxygens (including phenoxy) is 15. The maximum absolute atomic E-state index is 14.7. The fourth-order valence-corrected chi connectivity index (χ4v) is 16.4. The van der Waals surface area contributed by atoms with Crippen LogP contribution in [0.15, 0.2) is 0 Å². The first-order valence-electron chi connectivity index (χ1n) is 37.2. The molecule has 9 aliphatic heterocycles. The summed E-state index contributed by atoms with van der Waals surface area (Å²) in [5.41, 5.74) is 72.7. The molecule has 3 aliphatic carbocycles. The van der Waals surface area contributed by atoms with Crippen LogP contribution in [-0.2, 0) is 71.1 Å². The largest absolute Gasteiger partial charge is 0.394 e. The van der Waals surface area contributed by atoms with Crippen molar-refractivity contribution in [3.05, 3.63) is 0 Å². The van der Waals surface area contributed by atoms with Crippen LogP contribution in [0.1, 0.15) is 93.4 Å². The summed E-state index contributed by atoms with van der Waals surface area (Å²) in [6.45, 7) is 1.08. The molecule has 0 aromatic carbocycles. The lowest BCUT2D eigenvalue weighted by atomic mass is 9.81. The summed E-state index contributed by atoms with van der Waals surface area (Å²) in [6.07, 6.45) is -27.6. The number of rotatable bonds is 18. The Labute approximate surface area is 641 Å². The Balaban J connectivity index is 0.000000226. The molecule has 42 nitrogen and oxygen atoms in total. The molecule has 47 atom stereocenters. The van der Waals surface area contributed by atoms with Crippen LogP contribution in [0, 0.1) is 5.92 Å². The molecule has 3 saturated carbocycles. The number of nitrogens with two attached hydrogens (primary N) is 12. The van der Waals surface area contributed by atoms with Crippen LogP contribution >= 0.6 is 0 Å². The third kappa shape index (κ3) is 21.4. The third-order valence-corrected chi connectivity index (χ3v) is 23.0. The van der Waals surface area contributed by atoms with E-state index in [-0.39, 0.29) is 111 Å². The van der Waals surface area contributed by atoms with Gasteiger partial charge in [-0.3, -0.25) is 0 Å². The van der Waals surface area contributed by atoms with Crippen molar-refractivity contribution in [2.45, 2.75) is 375 Å². The van der Waals surface area contributed by atoms with Gasteiger partial charge in [0.2, 0.25) is 0 Å². The fourth-order valence-electron chi connectivity index (χ4n) is 16.4. The average molecular weight is 1600 g/mol. The Morgan fingerprint density at radius 2 is 0.627 bits per heavy atom. The molecule has 12 rings (SSSR count). The van der Waals surface area contributed by atoms with Crippen molar-refractivity contribution in [2.24, 2.45) is 74.7 Å². The number of halogens is 1.